The van der Waals surface area contributed by atoms with Gasteiger partial charge in [-0.25, -0.2) is 8.98 Å². The van der Waals surface area contributed by atoms with E-state index in [2.05, 4.69) is 4.18 Å². The number of carboxylic acid groups (broad SMARTS) is 1. The van der Waals surface area contributed by atoms with Crippen LogP contribution in [0, 0.1) is 11.8 Å². The average molecular weight is 607 g/mol. The van der Waals surface area contributed by atoms with E-state index in [0.29, 0.717) is 0 Å². The van der Waals surface area contributed by atoms with E-state index in [1.165, 1.54) is 6.92 Å². The van der Waals surface area contributed by atoms with Crippen molar-refractivity contribution in [2.24, 2.45) is 11.8 Å². The summed E-state index contributed by atoms with van der Waals surface area (Å²) in [6, 6.07) is 0. The molecule has 40 heavy (non-hydrogen) atoms. The molecule has 0 radical (unpaired) electrons. The summed E-state index contributed by atoms with van der Waals surface area (Å²) >= 11 is 0. The van der Waals surface area contributed by atoms with E-state index in [1.807, 2.05) is 0 Å². The van der Waals surface area contributed by atoms with Gasteiger partial charge in [-0.3, -0.25) is 4.55 Å². The second-order valence-corrected chi connectivity index (χ2v) is 10.6. The molecule has 3 heterocycles. The highest BCUT2D eigenvalue weighted by molar-refractivity contribution is 7.80. The quantitative estimate of drug-likeness (QED) is 0.0995. The topological polar surface area (TPSA) is 289 Å². The van der Waals surface area contributed by atoms with Crippen LogP contribution in [0.1, 0.15) is 6.92 Å². The maximum atomic E-state index is 11.2. The van der Waals surface area contributed by atoms with Crippen molar-refractivity contribution < 1.29 is 86.5 Å². The summed E-state index contributed by atoms with van der Waals surface area (Å²) in [6.07, 6.45) is -16.1. The van der Waals surface area contributed by atoms with E-state index in [9.17, 15) is 49.0 Å². The van der Waals surface area contributed by atoms with Crippen LogP contribution in [-0.2, 0) is 43.1 Å². The number of rotatable bonds is 11. The first-order valence-corrected chi connectivity index (χ1v) is 13.5. The molecular formula is C21H34O18S. The van der Waals surface area contributed by atoms with Crippen LogP contribution in [-0.4, -0.2) is 154 Å². The molecule has 19 heteroatoms. The first-order chi connectivity index (χ1) is 18.6. The monoisotopic (exact) mass is 606 g/mol. The van der Waals surface area contributed by atoms with Crippen LogP contribution in [0.2, 0.25) is 0 Å². The van der Waals surface area contributed by atoms with Crippen LogP contribution in [0.4, 0.5) is 0 Å². The van der Waals surface area contributed by atoms with E-state index >= 15 is 0 Å². The molecule has 0 bridgehead atoms. The summed E-state index contributed by atoms with van der Waals surface area (Å²) in [6.45, 7) is -0.714. The van der Waals surface area contributed by atoms with Gasteiger partial charge in [0.2, 0.25) is 12.0 Å². The number of aliphatic carboxylic acids is 1. The summed E-state index contributed by atoms with van der Waals surface area (Å²) in [5.41, 5.74) is 0. The zero-order valence-electron chi connectivity index (χ0n) is 21.0. The van der Waals surface area contributed by atoms with Crippen LogP contribution in [0.5, 0.6) is 0 Å². The number of hydrogen-bond acceptors (Lipinski definition) is 16. The van der Waals surface area contributed by atoms with E-state index in [-0.39, 0.29) is 0 Å². The minimum absolute atomic E-state index is 0.392. The van der Waals surface area contributed by atoms with Crippen molar-refractivity contribution in [2.75, 3.05) is 26.4 Å². The molecule has 3 aliphatic rings. The third-order valence-electron chi connectivity index (χ3n) is 6.84. The zero-order chi connectivity index (χ0) is 29.9. The number of carbonyl (C=O) groups is 1. The van der Waals surface area contributed by atoms with Gasteiger partial charge in [0.1, 0.15) is 42.7 Å². The summed E-state index contributed by atoms with van der Waals surface area (Å²) in [5, 5.41) is 80.4. The van der Waals surface area contributed by atoms with Crippen molar-refractivity contribution in [3.8, 4) is 0 Å². The van der Waals surface area contributed by atoms with Crippen LogP contribution in [0.15, 0.2) is 11.8 Å². The fourth-order valence-corrected chi connectivity index (χ4v) is 5.13. The molecule has 11 unspecified atom stereocenters. The smallest absolute Gasteiger partial charge is 0.397 e. The molecule has 13 atom stereocenters. The Kier molecular flexibility index (Phi) is 11.2. The van der Waals surface area contributed by atoms with Gasteiger partial charge in [0.05, 0.1) is 38.6 Å². The lowest BCUT2D eigenvalue weighted by Crippen LogP contribution is -2.59. The van der Waals surface area contributed by atoms with Crippen molar-refractivity contribution in [1.82, 2.24) is 0 Å². The van der Waals surface area contributed by atoms with Gasteiger partial charge in [-0.1, -0.05) is 0 Å². The molecule has 2 saturated heterocycles. The number of aliphatic hydroxyl groups is 7. The van der Waals surface area contributed by atoms with E-state index in [4.69, 9.17) is 33.3 Å². The fourth-order valence-electron chi connectivity index (χ4n) is 4.62. The lowest BCUT2D eigenvalue weighted by atomic mass is 9.83. The lowest BCUT2D eigenvalue weighted by Gasteiger charge is -2.44. The highest BCUT2D eigenvalue weighted by atomic mass is 32.3. The highest BCUT2D eigenvalue weighted by Gasteiger charge is 2.48. The Morgan fingerprint density at radius 2 is 1.60 bits per heavy atom. The maximum absolute atomic E-state index is 11.2. The van der Waals surface area contributed by atoms with Crippen molar-refractivity contribution in [2.45, 2.75) is 74.4 Å². The third-order valence-corrected chi connectivity index (χ3v) is 7.30. The van der Waals surface area contributed by atoms with Gasteiger partial charge in [-0.05, 0) is 13.0 Å². The van der Waals surface area contributed by atoms with E-state index in [0.717, 1.165) is 6.08 Å². The number of ether oxygens (including phenoxy) is 5. The first-order valence-electron chi connectivity index (χ1n) is 12.1. The number of aliphatic hydroxyl groups excluding tert-OH is 7. The van der Waals surface area contributed by atoms with Crippen molar-refractivity contribution in [3.05, 3.63) is 11.8 Å². The minimum Gasteiger partial charge on any atom is -0.475 e. The molecule has 0 aliphatic carbocycles. The average Bonchev–Trinajstić information content (AvgIpc) is 2.87. The van der Waals surface area contributed by atoms with Gasteiger partial charge in [0, 0.05) is 11.8 Å². The SMILES string of the molecule is CC1OC(COCC2C(COC3OC(C(=O)O)=CC(O)C3O)C(O)OC(CO)[C@H]2O)C(O)C(OS(=O)(=O)O)[C@@H]1O. The van der Waals surface area contributed by atoms with Crippen molar-refractivity contribution in [1.29, 1.82) is 0 Å². The van der Waals surface area contributed by atoms with E-state index in [1.54, 1.807) is 0 Å². The van der Waals surface area contributed by atoms with Crippen LogP contribution in [0.3, 0.4) is 0 Å². The van der Waals surface area contributed by atoms with E-state index < -0.39 is 128 Å². The summed E-state index contributed by atoms with van der Waals surface area (Å²) < 4.78 is 62.2. The Labute approximate surface area is 227 Å². The standard InChI is InChI=1S/C21H34O18S/c1-7-14(24)18(39-40(31,32)33)17(27)13(36-7)6-34-4-8-9(20(30)37-12(3-22)15(8)25)5-35-21-16(26)10(23)2-11(38-21)19(28)29/h2,7-10,12-18,20-27,30H,3-6H2,1H3,(H,28,29)(H,31,32,33)/t7?,8?,9?,10?,12?,13?,14-,15+,16?,17?,18?,20?,21?/m1/s1. The van der Waals surface area contributed by atoms with Gasteiger partial charge in [-0.2, -0.15) is 8.42 Å². The summed E-state index contributed by atoms with van der Waals surface area (Å²) in [7, 11) is -5.04. The molecule has 2 fully saturated rings. The van der Waals surface area contributed by atoms with Gasteiger partial charge in [0.15, 0.2) is 6.29 Å². The Morgan fingerprint density at radius 1 is 0.925 bits per heavy atom. The lowest BCUT2D eigenvalue weighted by molar-refractivity contribution is -0.286. The first kappa shape index (κ1) is 32.9. The molecule has 0 saturated carbocycles. The molecule has 0 aromatic rings. The van der Waals surface area contributed by atoms with Crippen molar-refractivity contribution >= 4 is 16.4 Å². The van der Waals surface area contributed by atoms with Crippen LogP contribution in [0.25, 0.3) is 0 Å². The van der Waals surface area contributed by atoms with Gasteiger partial charge in [0.25, 0.3) is 0 Å². The predicted octanol–water partition coefficient (Wildman–Crippen LogP) is -4.93. The molecule has 3 aliphatic heterocycles. The van der Waals surface area contributed by atoms with Crippen LogP contribution >= 0.6 is 0 Å². The predicted molar refractivity (Wildman–Crippen MR) is 123 cm³/mol. The molecule has 3 rings (SSSR count). The molecule has 232 valence electrons. The minimum atomic E-state index is -5.04. The van der Waals surface area contributed by atoms with Gasteiger partial charge >= 0.3 is 16.4 Å². The Morgan fingerprint density at radius 3 is 2.20 bits per heavy atom. The Bertz CT molecular complexity index is 990. The normalized spacial score (nSPS) is 42.6. The molecular weight excluding hydrogens is 572 g/mol. The zero-order valence-corrected chi connectivity index (χ0v) is 21.8. The molecule has 9 N–H and O–H groups in total. The Balaban J connectivity index is 1.67. The molecule has 0 spiro atoms. The number of carboxylic acids is 1. The largest absolute Gasteiger partial charge is 0.475 e. The highest BCUT2D eigenvalue weighted by Crippen LogP contribution is 2.33. The molecule has 18 nitrogen and oxygen atoms in total. The molecule has 0 aromatic carbocycles. The number of hydrogen-bond donors (Lipinski definition) is 9. The Hall–Kier alpha value is -1.56. The third kappa shape index (κ3) is 7.83. The van der Waals surface area contributed by atoms with Gasteiger partial charge < -0.3 is 64.5 Å². The second-order valence-electron chi connectivity index (χ2n) is 9.59. The van der Waals surface area contributed by atoms with Crippen molar-refractivity contribution in [3.63, 3.8) is 0 Å². The van der Waals surface area contributed by atoms with Gasteiger partial charge in [-0.15, -0.1) is 0 Å². The molecule has 0 amide bonds. The maximum Gasteiger partial charge on any atom is 0.397 e. The summed E-state index contributed by atoms with van der Waals surface area (Å²) in [4.78, 5) is 11.2. The summed E-state index contributed by atoms with van der Waals surface area (Å²) in [5.74, 6) is -4.40. The van der Waals surface area contributed by atoms with Crippen LogP contribution < -0.4 is 0 Å². The second kappa shape index (κ2) is 13.6. The molecule has 0 aromatic heterocycles. The fraction of sp³-hybridized carbons (Fsp3) is 0.857.